The van der Waals surface area contributed by atoms with E-state index in [-0.39, 0.29) is 12.7 Å². The number of aliphatic hydroxyl groups is 1. The van der Waals surface area contributed by atoms with Crippen LogP contribution in [-0.4, -0.2) is 37.6 Å². The quantitative estimate of drug-likeness (QED) is 0.911. The molecular weight excluding hydrogens is 324 g/mol. The van der Waals surface area contributed by atoms with Crippen molar-refractivity contribution in [1.82, 2.24) is 0 Å². The predicted molar refractivity (Wildman–Crippen MR) is 85.1 cm³/mol. The molecule has 1 atom stereocenters. The van der Waals surface area contributed by atoms with Crippen molar-refractivity contribution in [2.75, 3.05) is 26.4 Å². The Kier molecular flexibility index (Phi) is 3.43. The SMILES string of the molecule is Cc1sc(-c2sc(C)c3c2OC(CO)CO3)c2c1OCCO2. The third kappa shape index (κ3) is 2.07. The fourth-order valence-electron chi connectivity index (χ4n) is 2.64. The Balaban J connectivity index is 1.84. The first-order valence-corrected chi connectivity index (χ1v) is 8.75. The van der Waals surface area contributed by atoms with Gasteiger partial charge in [-0.2, -0.15) is 0 Å². The molecule has 118 valence electrons. The van der Waals surface area contributed by atoms with Gasteiger partial charge in [-0.1, -0.05) is 0 Å². The van der Waals surface area contributed by atoms with E-state index in [4.69, 9.17) is 18.9 Å². The van der Waals surface area contributed by atoms with E-state index in [0.29, 0.717) is 25.6 Å². The van der Waals surface area contributed by atoms with Crippen LogP contribution in [0.1, 0.15) is 9.75 Å². The number of aliphatic hydroxyl groups excluding tert-OH is 1. The van der Waals surface area contributed by atoms with Crippen molar-refractivity contribution in [1.29, 1.82) is 0 Å². The molecule has 5 nitrogen and oxygen atoms in total. The molecule has 2 aliphatic heterocycles. The minimum Gasteiger partial charge on any atom is -0.485 e. The third-order valence-electron chi connectivity index (χ3n) is 3.66. The lowest BCUT2D eigenvalue weighted by Crippen LogP contribution is -2.32. The first kappa shape index (κ1) is 14.2. The van der Waals surface area contributed by atoms with Gasteiger partial charge in [0.25, 0.3) is 0 Å². The molecule has 0 radical (unpaired) electrons. The topological polar surface area (TPSA) is 57.2 Å². The van der Waals surface area contributed by atoms with Crippen molar-refractivity contribution in [2.24, 2.45) is 0 Å². The average Bonchev–Trinajstić information content (AvgIpc) is 3.05. The number of hydrogen-bond donors (Lipinski definition) is 1. The van der Waals surface area contributed by atoms with E-state index in [1.165, 1.54) is 0 Å². The van der Waals surface area contributed by atoms with Crippen LogP contribution < -0.4 is 18.9 Å². The van der Waals surface area contributed by atoms with Gasteiger partial charge >= 0.3 is 0 Å². The zero-order valence-electron chi connectivity index (χ0n) is 12.3. The Bertz CT molecular complexity index is 718. The standard InChI is InChI=1S/C15H16O5S2/c1-7-10-12(18-4-3-17-10)14(21-7)15-13-11(8(2)22-15)19-6-9(5-16)20-13/h9,16H,3-6H2,1-2H3. The summed E-state index contributed by atoms with van der Waals surface area (Å²) in [5.41, 5.74) is 0. The van der Waals surface area contributed by atoms with Crippen molar-refractivity contribution < 1.29 is 24.1 Å². The van der Waals surface area contributed by atoms with E-state index in [0.717, 1.165) is 36.8 Å². The van der Waals surface area contributed by atoms with Crippen LogP contribution in [0.15, 0.2) is 0 Å². The van der Waals surface area contributed by atoms with Crippen LogP contribution in [0.3, 0.4) is 0 Å². The number of aryl methyl sites for hydroxylation is 2. The van der Waals surface area contributed by atoms with Crippen LogP contribution in [-0.2, 0) is 0 Å². The summed E-state index contributed by atoms with van der Waals surface area (Å²) in [4.78, 5) is 4.17. The Hall–Kier alpha value is -1.44. The van der Waals surface area contributed by atoms with Gasteiger partial charge in [0.15, 0.2) is 29.1 Å². The van der Waals surface area contributed by atoms with Gasteiger partial charge in [-0.15, -0.1) is 22.7 Å². The Morgan fingerprint density at radius 3 is 2.18 bits per heavy atom. The van der Waals surface area contributed by atoms with Crippen molar-refractivity contribution in [3.8, 4) is 32.8 Å². The van der Waals surface area contributed by atoms with Gasteiger partial charge in [-0.25, -0.2) is 0 Å². The number of ether oxygens (including phenoxy) is 4. The van der Waals surface area contributed by atoms with Crippen LogP contribution in [0.25, 0.3) is 9.75 Å². The molecule has 4 rings (SSSR count). The molecule has 0 fully saturated rings. The van der Waals surface area contributed by atoms with Gasteiger partial charge in [0.05, 0.1) is 16.4 Å². The van der Waals surface area contributed by atoms with Gasteiger partial charge < -0.3 is 24.1 Å². The van der Waals surface area contributed by atoms with Crippen molar-refractivity contribution >= 4 is 22.7 Å². The van der Waals surface area contributed by atoms with Gasteiger partial charge in [-0.3, -0.25) is 0 Å². The maximum absolute atomic E-state index is 9.34. The fraction of sp³-hybridized carbons (Fsp3) is 0.467. The largest absolute Gasteiger partial charge is 0.485 e. The molecule has 1 unspecified atom stereocenters. The number of thiophene rings is 2. The summed E-state index contributed by atoms with van der Waals surface area (Å²) < 4.78 is 23.3. The normalized spacial score (nSPS) is 19.3. The summed E-state index contributed by atoms with van der Waals surface area (Å²) in [7, 11) is 0. The van der Waals surface area contributed by atoms with Gasteiger partial charge in [0.1, 0.15) is 19.8 Å². The average molecular weight is 340 g/mol. The van der Waals surface area contributed by atoms with Crippen LogP contribution in [0.5, 0.6) is 23.0 Å². The second-order valence-corrected chi connectivity index (χ2v) is 7.67. The smallest absolute Gasteiger partial charge is 0.181 e. The van der Waals surface area contributed by atoms with E-state index in [9.17, 15) is 5.11 Å². The summed E-state index contributed by atoms with van der Waals surface area (Å²) in [6, 6.07) is 0. The zero-order chi connectivity index (χ0) is 15.3. The monoisotopic (exact) mass is 340 g/mol. The summed E-state index contributed by atoms with van der Waals surface area (Å²) >= 11 is 3.27. The van der Waals surface area contributed by atoms with Gasteiger partial charge in [0, 0.05) is 9.75 Å². The lowest BCUT2D eigenvalue weighted by atomic mass is 10.2. The van der Waals surface area contributed by atoms with Crippen LogP contribution in [0, 0.1) is 13.8 Å². The van der Waals surface area contributed by atoms with E-state index < -0.39 is 0 Å². The maximum atomic E-state index is 9.34. The molecule has 0 amide bonds. The van der Waals surface area contributed by atoms with E-state index in [1.807, 2.05) is 13.8 Å². The zero-order valence-corrected chi connectivity index (χ0v) is 13.9. The molecular formula is C15H16O5S2. The molecule has 0 aromatic carbocycles. The van der Waals surface area contributed by atoms with Crippen molar-refractivity contribution in [2.45, 2.75) is 20.0 Å². The van der Waals surface area contributed by atoms with Crippen LogP contribution in [0.2, 0.25) is 0 Å². The van der Waals surface area contributed by atoms with Gasteiger partial charge in [-0.05, 0) is 13.8 Å². The molecule has 22 heavy (non-hydrogen) atoms. The molecule has 0 bridgehead atoms. The first-order chi connectivity index (χ1) is 10.7. The minimum absolute atomic E-state index is 0.0606. The molecule has 0 saturated heterocycles. The highest BCUT2D eigenvalue weighted by atomic mass is 32.1. The molecule has 2 aromatic rings. The molecule has 0 aliphatic carbocycles. The third-order valence-corrected chi connectivity index (χ3v) is 5.96. The molecule has 0 spiro atoms. The highest BCUT2D eigenvalue weighted by Gasteiger charge is 2.32. The lowest BCUT2D eigenvalue weighted by molar-refractivity contribution is 0.0467. The summed E-state index contributed by atoms with van der Waals surface area (Å²) in [6.07, 6.45) is -0.325. The van der Waals surface area contributed by atoms with E-state index in [1.54, 1.807) is 22.7 Å². The summed E-state index contributed by atoms with van der Waals surface area (Å²) in [6.45, 7) is 5.50. The molecule has 0 saturated carbocycles. The highest BCUT2D eigenvalue weighted by Crippen LogP contribution is 2.57. The van der Waals surface area contributed by atoms with Crippen LogP contribution >= 0.6 is 22.7 Å². The molecule has 4 heterocycles. The molecule has 2 aromatic heterocycles. The fourth-order valence-corrected chi connectivity index (χ4v) is 4.84. The van der Waals surface area contributed by atoms with Gasteiger partial charge in [0.2, 0.25) is 0 Å². The number of fused-ring (bicyclic) bond motifs is 2. The lowest BCUT2D eigenvalue weighted by Gasteiger charge is -2.24. The Morgan fingerprint density at radius 1 is 0.909 bits per heavy atom. The maximum Gasteiger partial charge on any atom is 0.181 e. The van der Waals surface area contributed by atoms with E-state index >= 15 is 0 Å². The molecule has 1 N–H and O–H groups in total. The number of rotatable bonds is 2. The summed E-state index contributed by atoms with van der Waals surface area (Å²) in [5.74, 6) is 3.13. The van der Waals surface area contributed by atoms with E-state index in [2.05, 4.69) is 0 Å². The second-order valence-electron chi connectivity index (χ2n) is 5.22. The predicted octanol–water partition coefficient (Wildman–Crippen LogP) is 3.00. The molecule has 2 aliphatic rings. The van der Waals surface area contributed by atoms with Crippen molar-refractivity contribution in [3.05, 3.63) is 9.75 Å². The Labute approximate surface area is 136 Å². The Morgan fingerprint density at radius 2 is 1.50 bits per heavy atom. The second kappa shape index (κ2) is 5.33. The van der Waals surface area contributed by atoms with Crippen LogP contribution in [0.4, 0.5) is 0 Å². The first-order valence-electron chi connectivity index (χ1n) is 7.12. The summed E-state index contributed by atoms with van der Waals surface area (Å²) in [5, 5.41) is 9.34. The van der Waals surface area contributed by atoms with Crippen molar-refractivity contribution in [3.63, 3.8) is 0 Å². The highest BCUT2D eigenvalue weighted by molar-refractivity contribution is 7.23. The minimum atomic E-state index is -0.325. The molecule has 7 heteroatoms. The number of hydrogen-bond acceptors (Lipinski definition) is 7.